The van der Waals surface area contributed by atoms with Gasteiger partial charge in [-0.1, -0.05) is 12.1 Å². The van der Waals surface area contributed by atoms with E-state index in [9.17, 15) is 13.2 Å². The molecule has 0 fully saturated rings. The Morgan fingerprint density at radius 3 is 2.56 bits per heavy atom. The number of hydrogen-bond acceptors (Lipinski definition) is 5. The van der Waals surface area contributed by atoms with Crippen LogP contribution in [0.4, 0.5) is 0 Å². The van der Waals surface area contributed by atoms with Crippen LogP contribution < -0.4 is 15.4 Å². The van der Waals surface area contributed by atoms with Gasteiger partial charge in [0.15, 0.2) is 5.11 Å². The second kappa shape index (κ2) is 8.10. The van der Waals surface area contributed by atoms with E-state index in [1.54, 1.807) is 37.6 Å². The van der Waals surface area contributed by atoms with Crippen LogP contribution in [0.25, 0.3) is 0 Å². The summed E-state index contributed by atoms with van der Waals surface area (Å²) in [5.74, 6) is -0.230. The number of furan rings is 1. The van der Waals surface area contributed by atoms with Gasteiger partial charge in [0.25, 0.3) is 10.0 Å². The minimum absolute atomic E-state index is 0.000548. The fourth-order valence-electron chi connectivity index (χ4n) is 2.54. The minimum Gasteiger partial charge on any atom is -0.472 e. The molecule has 1 heterocycles. The van der Waals surface area contributed by atoms with Crippen LogP contribution in [0.3, 0.4) is 0 Å². The van der Waals surface area contributed by atoms with E-state index < -0.39 is 15.6 Å². The Labute approximate surface area is 164 Å². The monoisotopic (exact) mass is 409 g/mol. The molecule has 27 heavy (non-hydrogen) atoms. The number of amides is 1. The molecule has 2 aromatic rings. The van der Waals surface area contributed by atoms with Crippen molar-refractivity contribution in [3.63, 3.8) is 0 Å². The van der Waals surface area contributed by atoms with Gasteiger partial charge in [-0.2, -0.15) is 0 Å². The summed E-state index contributed by atoms with van der Waals surface area (Å²) in [6.07, 6.45) is 3.16. The first-order valence-corrected chi connectivity index (χ1v) is 10.1. The molecular weight excluding hydrogens is 386 g/mol. The zero-order chi connectivity index (χ0) is 20.2. The highest BCUT2D eigenvalue weighted by Crippen LogP contribution is 2.21. The van der Waals surface area contributed by atoms with Crippen molar-refractivity contribution >= 4 is 33.3 Å². The van der Waals surface area contributed by atoms with Crippen molar-refractivity contribution in [3.8, 4) is 0 Å². The molecular formula is C18H23N3O4S2. The Morgan fingerprint density at radius 1 is 1.26 bits per heavy atom. The molecule has 0 atom stereocenters. The van der Waals surface area contributed by atoms with Crippen LogP contribution in [0, 0.1) is 6.92 Å². The molecule has 0 aliphatic carbocycles. The number of sulfonamides is 1. The lowest BCUT2D eigenvalue weighted by atomic mass is 9.96. The molecule has 146 valence electrons. The van der Waals surface area contributed by atoms with Crippen molar-refractivity contribution in [1.82, 2.24) is 15.4 Å². The van der Waals surface area contributed by atoms with Crippen molar-refractivity contribution in [2.75, 3.05) is 7.05 Å². The van der Waals surface area contributed by atoms with Gasteiger partial charge in [-0.15, -0.1) is 0 Å². The van der Waals surface area contributed by atoms with Crippen molar-refractivity contribution in [3.05, 3.63) is 53.5 Å². The fourth-order valence-corrected chi connectivity index (χ4v) is 4.13. The number of thiocarbonyl (C=S) groups is 1. The molecule has 7 nitrogen and oxygen atoms in total. The standard InChI is InChI=1S/C18H23N3O4S2/c1-12-5-6-13(9-15(12)27(23,24)21-17(26)19-4)10-16(22)20-18(2,3)14-7-8-25-11-14/h5-9,11H,10H2,1-4H3,(H,20,22)(H2,19,21,26). The molecule has 2 rings (SSSR count). The third-order valence-corrected chi connectivity index (χ3v) is 5.98. The molecule has 1 aromatic heterocycles. The maximum absolute atomic E-state index is 12.5. The number of hydrogen-bond donors (Lipinski definition) is 3. The van der Waals surface area contributed by atoms with Gasteiger partial charge in [0.05, 0.1) is 29.4 Å². The molecule has 9 heteroatoms. The molecule has 1 amide bonds. The zero-order valence-corrected chi connectivity index (χ0v) is 17.3. The van der Waals surface area contributed by atoms with E-state index >= 15 is 0 Å². The smallest absolute Gasteiger partial charge is 0.263 e. The predicted molar refractivity (Wildman–Crippen MR) is 107 cm³/mol. The van der Waals surface area contributed by atoms with Gasteiger partial charge in [0.1, 0.15) is 0 Å². The normalized spacial score (nSPS) is 11.7. The quantitative estimate of drug-likeness (QED) is 0.631. The summed E-state index contributed by atoms with van der Waals surface area (Å²) in [6, 6.07) is 6.67. The van der Waals surface area contributed by atoms with Gasteiger partial charge in [0.2, 0.25) is 5.91 Å². The van der Waals surface area contributed by atoms with Crippen molar-refractivity contribution < 1.29 is 17.6 Å². The van der Waals surface area contributed by atoms with Gasteiger partial charge in [-0.05, 0) is 56.2 Å². The second-order valence-corrected chi connectivity index (χ2v) is 8.71. The highest BCUT2D eigenvalue weighted by molar-refractivity contribution is 7.91. The van der Waals surface area contributed by atoms with Crippen LogP contribution in [0.1, 0.15) is 30.5 Å². The highest BCUT2D eigenvalue weighted by Gasteiger charge is 2.24. The largest absolute Gasteiger partial charge is 0.472 e. The average Bonchev–Trinajstić information content (AvgIpc) is 3.11. The third kappa shape index (κ3) is 5.30. The Bertz CT molecular complexity index is 936. The highest BCUT2D eigenvalue weighted by atomic mass is 32.2. The summed E-state index contributed by atoms with van der Waals surface area (Å²) in [5.41, 5.74) is 1.37. The van der Waals surface area contributed by atoms with E-state index in [0.717, 1.165) is 5.56 Å². The lowest BCUT2D eigenvalue weighted by Crippen LogP contribution is -2.41. The first kappa shape index (κ1) is 20.9. The van der Waals surface area contributed by atoms with Gasteiger partial charge in [-0.3, -0.25) is 9.52 Å². The molecule has 0 aliphatic heterocycles. The number of rotatable bonds is 6. The van der Waals surface area contributed by atoms with Crippen molar-refractivity contribution in [2.24, 2.45) is 0 Å². The van der Waals surface area contributed by atoms with Crippen LogP contribution in [0.2, 0.25) is 0 Å². The van der Waals surface area contributed by atoms with E-state index in [-0.39, 0.29) is 22.3 Å². The molecule has 0 aliphatic rings. The SMILES string of the molecule is CNC(=S)NS(=O)(=O)c1cc(CC(=O)NC(C)(C)c2ccoc2)ccc1C. The van der Waals surface area contributed by atoms with Gasteiger partial charge >= 0.3 is 0 Å². The predicted octanol–water partition coefficient (Wildman–Crippen LogP) is 1.96. The molecule has 0 bridgehead atoms. The molecule has 1 aromatic carbocycles. The van der Waals surface area contributed by atoms with Crippen LogP contribution in [-0.2, 0) is 26.8 Å². The molecule has 0 unspecified atom stereocenters. The number of benzene rings is 1. The fraction of sp³-hybridized carbons (Fsp3) is 0.333. The first-order chi connectivity index (χ1) is 12.5. The van der Waals surface area contributed by atoms with E-state index in [1.165, 1.54) is 13.1 Å². The molecule has 0 spiro atoms. The molecule has 0 saturated heterocycles. The number of carbonyl (C=O) groups excluding carboxylic acids is 1. The molecule has 0 radical (unpaired) electrons. The van der Waals surface area contributed by atoms with Gasteiger partial charge in [-0.25, -0.2) is 8.42 Å². The number of carbonyl (C=O) groups is 1. The van der Waals surface area contributed by atoms with Gasteiger partial charge < -0.3 is 15.1 Å². The topological polar surface area (TPSA) is 100 Å². The lowest BCUT2D eigenvalue weighted by molar-refractivity contribution is -0.122. The third-order valence-electron chi connectivity index (χ3n) is 4.06. The number of aryl methyl sites for hydroxylation is 1. The zero-order valence-electron chi connectivity index (χ0n) is 15.6. The van der Waals surface area contributed by atoms with Crippen molar-refractivity contribution in [2.45, 2.75) is 37.6 Å². The number of nitrogens with one attached hydrogen (secondary N) is 3. The Kier molecular flexibility index (Phi) is 6.27. The summed E-state index contributed by atoms with van der Waals surface area (Å²) in [4.78, 5) is 12.5. The molecule has 3 N–H and O–H groups in total. The molecule has 0 saturated carbocycles. The van der Waals surface area contributed by atoms with Gasteiger partial charge in [0, 0.05) is 12.6 Å². The second-order valence-electron chi connectivity index (χ2n) is 6.65. The van der Waals surface area contributed by atoms with E-state index in [4.69, 9.17) is 16.6 Å². The summed E-state index contributed by atoms with van der Waals surface area (Å²) >= 11 is 4.88. The average molecular weight is 410 g/mol. The summed E-state index contributed by atoms with van der Waals surface area (Å²) in [6.45, 7) is 5.41. The summed E-state index contributed by atoms with van der Waals surface area (Å²) in [5, 5.41) is 5.49. The van der Waals surface area contributed by atoms with Crippen molar-refractivity contribution in [1.29, 1.82) is 0 Å². The lowest BCUT2D eigenvalue weighted by Gasteiger charge is -2.25. The minimum atomic E-state index is -3.83. The Hall–Kier alpha value is -2.39. The maximum atomic E-state index is 12.5. The van der Waals surface area contributed by atoms with Crippen LogP contribution >= 0.6 is 12.2 Å². The van der Waals surface area contributed by atoms with Crippen LogP contribution in [0.5, 0.6) is 0 Å². The van der Waals surface area contributed by atoms with E-state index in [2.05, 4.69) is 15.4 Å². The first-order valence-electron chi connectivity index (χ1n) is 8.23. The summed E-state index contributed by atoms with van der Waals surface area (Å²) in [7, 11) is -2.30. The Balaban J connectivity index is 2.18. The maximum Gasteiger partial charge on any atom is 0.263 e. The van der Waals surface area contributed by atoms with Crippen LogP contribution in [-0.4, -0.2) is 26.5 Å². The van der Waals surface area contributed by atoms with E-state index in [1.807, 2.05) is 13.8 Å². The van der Waals surface area contributed by atoms with E-state index in [0.29, 0.717) is 11.1 Å². The Morgan fingerprint density at radius 2 is 1.96 bits per heavy atom. The summed E-state index contributed by atoms with van der Waals surface area (Å²) < 4.78 is 32.3. The van der Waals surface area contributed by atoms with Crippen LogP contribution in [0.15, 0.2) is 46.1 Å².